The number of hydrogen-bond donors (Lipinski definition) is 2. The summed E-state index contributed by atoms with van der Waals surface area (Å²) in [6.07, 6.45) is 1.51. The van der Waals surface area contributed by atoms with Crippen LogP contribution in [0.4, 0.5) is 5.82 Å². The van der Waals surface area contributed by atoms with E-state index in [1.165, 1.54) is 6.33 Å². The summed E-state index contributed by atoms with van der Waals surface area (Å²) in [5.41, 5.74) is 6.44. The van der Waals surface area contributed by atoms with Crippen molar-refractivity contribution in [1.82, 2.24) is 14.9 Å². The summed E-state index contributed by atoms with van der Waals surface area (Å²) in [5, 5.41) is 9.02. The number of nitrogens with two attached hydrogens (primary N) is 1. The van der Waals surface area contributed by atoms with Crippen molar-refractivity contribution >= 4 is 5.82 Å². The molecule has 1 fully saturated rings. The Balaban J connectivity index is 2.10. The van der Waals surface area contributed by atoms with Crippen molar-refractivity contribution in [3.05, 3.63) is 18.1 Å². The number of aromatic nitrogens is 2. The van der Waals surface area contributed by atoms with Crippen molar-refractivity contribution in [2.75, 3.05) is 44.7 Å². The molecule has 17 heavy (non-hydrogen) atoms. The zero-order chi connectivity index (χ0) is 12.3. The van der Waals surface area contributed by atoms with Crippen LogP contribution in [0.2, 0.25) is 0 Å². The van der Waals surface area contributed by atoms with Gasteiger partial charge in [0.2, 0.25) is 0 Å². The van der Waals surface area contributed by atoms with Crippen LogP contribution in [-0.4, -0.2) is 59.8 Å². The summed E-state index contributed by atoms with van der Waals surface area (Å²) in [4.78, 5) is 12.9. The molecule has 94 valence electrons. The molecule has 6 nitrogen and oxygen atoms in total. The van der Waals surface area contributed by atoms with E-state index in [1.807, 2.05) is 6.07 Å². The van der Waals surface area contributed by atoms with E-state index in [-0.39, 0.29) is 6.61 Å². The molecule has 0 saturated carbocycles. The molecule has 1 aliphatic heterocycles. The van der Waals surface area contributed by atoms with Gasteiger partial charge in [-0.2, -0.15) is 0 Å². The van der Waals surface area contributed by atoms with Crippen LogP contribution in [0.3, 0.4) is 0 Å². The molecule has 1 aliphatic rings. The number of aliphatic hydroxyl groups is 1. The Morgan fingerprint density at radius 2 is 2.06 bits per heavy atom. The van der Waals surface area contributed by atoms with E-state index >= 15 is 0 Å². The number of likely N-dealkylation sites (N-methyl/N-ethyl adjacent to an activating group) is 1. The van der Waals surface area contributed by atoms with Crippen molar-refractivity contribution in [3.8, 4) is 0 Å². The summed E-state index contributed by atoms with van der Waals surface area (Å²) in [7, 11) is 2.12. The van der Waals surface area contributed by atoms with Crippen LogP contribution in [0.15, 0.2) is 12.4 Å². The van der Waals surface area contributed by atoms with E-state index in [9.17, 15) is 0 Å². The first-order valence-corrected chi connectivity index (χ1v) is 5.82. The summed E-state index contributed by atoms with van der Waals surface area (Å²) in [5.74, 6) is 0.895. The molecule has 0 spiro atoms. The Hall–Kier alpha value is -1.24. The monoisotopic (exact) mass is 237 g/mol. The fourth-order valence-corrected chi connectivity index (χ4v) is 1.87. The lowest BCUT2D eigenvalue weighted by Crippen LogP contribution is -2.44. The molecule has 3 N–H and O–H groups in total. The van der Waals surface area contributed by atoms with Gasteiger partial charge in [-0.15, -0.1) is 0 Å². The van der Waals surface area contributed by atoms with Crippen molar-refractivity contribution in [1.29, 1.82) is 0 Å². The fraction of sp³-hybridized carbons (Fsp3) is 0.636. The van der Waals surface area contributed by atoms with Gasteiger partial charge in [0.1, 0.15) is 12.1 Å². The number of anilines is 1. The van der Waals surface area contributed by atoms with Crippen LogP contribution in [-0.2, 0) is 0 Å². The quantitative estimate of drug-likeness (QED) is 0.718. The Kier molecular flexibility index (Phi) is 3.88. The normalized spacial score (nSPS) is 19.4. The van der Waals surface area contributed by atoms with Crippen molar-refractivity contribution in [3.63, 3.8) is 0 Å². The van der Waals surface area contributed by atoms with Crippen molar-refractivity contribution in [2.24, 2.45) is 5.73 Å². The van der Waals surface area contributed by atoms with Gasteiger partial charge < -0.3 is 20.6 Å². The molecule has 0 aliphatic carbocycles. The van der Waals surface area contributed by atoms with Gasteiger partial charge in [-0.05, 0) is 7.05 Å². The maximum Gasteiger partial charge on any atom is 0.132 e. The summed E-state index contributed by atoms with van der Waals surface area (Å²) in [6, 6.07) is 1.44. The standard InChI is InChI=1S/C11H19N5O/c1-15-2-4-16(5-3-15)11-6-10(9(12)7-17)13-8-14-11/h6,8-9,17H,2-5,7,12H2,1H3. The topological polar surface area (TPSA) is 78.5 Å². The smallest absolute Gasteiger partial charge is 0.132 e. The molecule has 0 aromatic carbocycles. The summed E-state index contributed by atoms with van der Waals surface area (Å²) < 4.78 is 0. The maximum atomic E-state index is 9.02. The first kappa shape index (κ1) is 12.2. The highest BCUT2D eigenvalue weighted by atomic mass is 16.3. The highest BCUT2D eigenvalue weighted by Gasteiger charge is 2.16. The van der Waals surface area contributed by atoms with E-state index in [0.717, 1.165) is 32.0 Å². The number of nitrogens with zero attached hydrogens (tertiary/aromatic N) is 4. The van der Waals surface area contributed by atoms with E-state index in [2.05, 4.69) is 26.8 Å². The predicted molar refractivity (Wildman–Crippen MR) is 65.8 cm³/mol. The average Bonchev–Trinajstić information content (AvgIpc) is 2.39. The van der Waals surface area contributed by atoms with Gasteiger partial charge in [0.15, 0.2) is 0 Å². The summed E-state index contributed by atoms with van der Waals surface area (Å²) in [6.45, 7) is 3.89. The Morgan fingerprint density at radius 1 is 1.35 bits per heavy atom. The molecular formula is C11H19N5O. The van der Waals surface area contributed by atoms with Crippen LogP contribution in [0.25, 0.3) is 0 Å². The third kappa shape index (κ3) is 2.91. The van der Waals surface area contributed by atoms with Crippen LogP contribution < -0.4 is 10.6 Å². The molecular weight excluding hydrogens is 218 g/mol. The minimum absolute atomic E-state index is 0.0980. The molecule has 0 bridgehead atoms. The Morgan fingerprint density at radius 3 is 2.71 bits per heavy atom. The van der Waals surface area contributed by atoms with Gasteiger partial charge in [-0.1, -0.05) is 0 Å². The molecule has 1 aromatic rings. The van der Waals surface area contributed by atoms with Crippen molar-refractivity contribution in [2.45, 2.75) is 6.04 Å². The van der Waals surface area contributed by atoms with E-state index in [1.54, 1.807) is 0 Å². The Bertz CT molecular complexity index is 365. The van der Waals surface area contributed by atoms with Crippen LogP contribution in [0, 0.1) is 0 Å². The van der Waals surface area contributed by atoms with Gasteiger partial charge in [0, 0.05) is 32.2 Å². The molecule has 1 saturated heterocycles. The zero-order valence-corrected chi connectivity index (χ0v) is 10.1. The lowest BCUT2D eigenvalue weighted by molar-refractivity contribution is 0.265. The highest BCUT2D eigenvalue weighted by Crippen LogP contribution is 2.16. The molecule has 1 unspecified atom stereocenters. The lowest BCUT2D eigenvalue weighted by Gasteiger charge is -2.33. The van der Waals surface area contributed by atoms with E-state index < -0.39 is 6.04 Å². The van der Waals surface area contributed by atoms with Gasteiger partial charge in [0.25, 0.3) is 0 Å². The number of aliphatic hydroxyl groups excluding tert-OH is 1. The van der Waals surface area contributed by atoms with E-state index in [4.69, 9.17) is 10.8 Å². The minimum Gasteiger partial charge on any atom is -0.394 e. The third-order valence-corrected chi connectivity index (χ3v) is 3.08. The van der Waals surface area contributed by atoms with Crippen LogP contribution >= 0.6 is 0 Å². The molecule has 0 amide bonds. The maximum absolute atomic E-state index is 9.02. The largest absolute Gasteiger partial charge is 0.394 e. The van der Waals surface area contributed by atoms with Gasteiger partial charge in [-0.25, -0.2) is 9.97 Å². The second kappa shape index (κ2) is 5.39. The van der Waals surface area contributed by atoms with Gasteiger partial charge in [0.05, 0.1) is 18.3 Å². The van der Waals surface area contributed by atoms with E-state index in [0.29, 0.717) is 5.69 Å². The minimum atomic E-state index is -0.427. The number of rotatable bonds is 3. The molecule has 2 heterocycles. The second-order valence-corrected chi connectivity index (χ2v) is 4.38. The predicted octanol–water partition coefficient (Wildman–Crippen LogP) is -0.779. The SMILES string of the molecule is CN1CCN(c2cc(C(N)CO)ncn2)CC1. The number of piperazine rings is 1. The molecule has 1 aromatic heterocycles. The average molecular weight is 237 g/mol. The molecule has 1 atom stereocenters. The summed E-state index contributed by atoms with van der Waals surface area (Å²) >= 11 is 0. The number of hydrogen-bond acceptors (Lipinski definition) is 6. The van der Waals surface area contributed by atoms with Crippen molar-refractivity contribution < 1.29 is 5.11 Å². The first-order valence-electron chi connectivity index (χ1n) is 5.82. The lowest BCUT2D eigenvalue weighted by atomic mass is 10.2. The van der Waals surface area contributed by atoms with Crippen LogP contribution in [0.5, 0.6) is 0 Å². The highest BCUT2D eigenvalue weighted by molar-refractivity contribution is 5.40. The van der Waals surface area contributed by atoms with Gasteiger partial charge >= 0.3 is 0 Å². The second-order valence-electron chi connectivity index (χ2n) is 4.38. The van der Waals surface area contributed by atoms with Crippen LogP contribution in [0.1, 0.15) is 11.7 Å². The molecule has 2 rings (SSSR count). The molecule has 6 heteroatoms. The zero-order valence-electron chi connectivity index (χ0n) is 10.1. The first-order chi connectivity index (χ1) is 8.20. The third-order valence-electron chi connectivity index (χ3n) is 3.08. The Labute approximate surface area is 101 Å². The fourth-order valence-electron chi connectivity index (χ4n) is 1.87. The van der Waals surface area contributed by atoms with Gasteiger partial charge in [-0.3, -0.25) is 0 Å². The molecule has 0 radical (unpaired) electrons.